The van der Waals surface area contributed by atoms with Crippen LogP contribution in [0, 0.1) is 11.8 Å². The van der Waals surface area contributed by atoms with Gasteiger partial charge in [-0.25, -0.2) is 0 Å². The van der Waals surface area contributed by atoms with Gasteiger partial charge in [0.2, 0.25) is 0 Å². The third-order valence-electron chi connectivity index (χ3n) is 1.94. The van der Waals surface area contributed by atoms with Crippen molar-refractivity contribution >= 4 is 12.4 Å². The van der Waals surface area contributed by atoms with E-state index in [0.29, 0.717) is 12.0 Å². The summed E-state index contributed by atoms with van der Waals surface area (Å²) in [6.07, 6.45) is 2.75. The van der Waals surface area contributed by atoms with Crippen molar-refractivity contribution in [1.29, 1.82) is 0 Å². The van der Waals surface area contributed by atoms with E-state index in [4.69, 9.17) is 5.73 Å². The second-order valence-corrected chi connectivity index (χ2v) is 3.16. The first-order valence-corrected chi connectivity index (χ1v) is 3.47. The van der Waals surface area contributed by atoms with Gasteiger partial charge in [-0.2, -0.15) is 0 Å². The van der Waals surface area contributed by atoms with Gasteiger partial charge in [-0.05, 0) is 24.7 Å². The fourth-order valence-electron chi connectivity index (χ4n) is 1.03. The molecule has 0 amide bonds. The molecule has 1 fully saturated rings. The van der Waals surface area contributed by atoms with Crippen molar-refractivity contribution in [2.45, 2.75) is 32.7 Å². The van der Waals surface area contributed by atoms with E-state index in [2.05, 4.69) is 13.8 Å². The maximum Gasteiger partial charge on any atom is 0.00903 e. The quantitative estimate of drug-likeness (QED) is 0.637. The molecule has 0 heterocycles. The Bertz CT molecular complexity index is 77.0. The van der Waals surface area contributed by atoms with E-state index < -0.39 is 0 Å². The lowest BCUT2D eigenvalue weighted by molar-refractivity contribution is 0.447. The SMILES string of the molecule is CC(C)C(N)C1CC1.Cl. The number of nitrogens with two attached hydrogens (primary N) is 1. The largest absolute Gasteiger partial charge is 0.327 e. The molecule has 2 N–H and O–H groups in total. The molecule has 1 aliphatic carbocycles. The zero-order valence-corrected chi connectivity index (χ0v) is 6.95. The Labute approximate surface area is 63.4 Å². The smallest absolute Gasteiger partial charge is 0.00903 e. The molecule has 0 bridgehead atoms. The first-order chi connectivity index (χ1) is 3.72. The molecule has 1 saturated carbocycles. The van der Waals surface area contributed by atoms with Crippen molar-refractivity contribution in [1.82, 2.24) is 0 Å². The van der Waals surface area contributed by atoms with Gasteiger partial charge >= 0.3 is 0 Å². The minimum Gasteiger partial charge on any atom is -0.327 e. The van der Waals surface area contributed by atoms with Crippen molar-refractivity contribution < 1.29 is 0 Å². The van der Waals surface area contributed by atoms with Crippen LogP contribution in [0.2, 0.25) is 0 Å². The van der Waals surface area contributed by atoms with E-state index in [-0.39, 0.29) is 12.4 Å². The van der Waals surface area contributed by atoms with Crippen molar-refractivity contribution in [3.05, 3.63) is 0 Å². The van der Waals surface area contributed by atoms with Crippen LogP contribution in [0.15, 0.2) is 0 Å². The number of rotatable bonds is 2. The Morgan fingerprint density at radius 2 is 1.78 bits per heavy atom. The van der Waals surface area contributed by atoms with Gasteiger partial charge in [0, 0.05) is 6.04 Å². The molecule has 56 valence electrons. The summed E-state index contributed by atoms with van der Waals surface area (Å²) in [7, 11) is 0. The highest BCUT2D eigenvalue weighted by atomic mass is 35.5. The lowest BCUT2D eigenvalue weighted by Crippen LogP contribution is -2.28. The molecule has 1 unspecified atom stereocenters. The second kappa shape index (κ2) is 3.43. The minimum absolute atomic E-state index is 0. The summed E-state index contributed by atoms with van der Waals surface area (Å²) in [5, 5.41) is 0. The topological polar surface area (TPSA) is 26.0 Å². The van der Waals surface area contributed by atoms with E-state index in [1.807, 2.05) is 0 Å². The van der Waals surface area contributed by atoms with Crippen LogP contribution in [-0.2, 0) is 0 Å². The van der Waals surface area contributed by atoms with E-state index in [9.17, 15) is 0 Å². The maximum absolute atomic E-state index is 5.82. The first-order valence-electron chi connectivity index (χ1n) is 3.47. The zero-order chi connectivity index (χ0) is 6.15. The average molecular weight is 150 g/mol. The van der Waals surface area contributed by atoms with Crippen molar-refractivity contribution in [2.24, 2.45) is 17.6 Å². The summed E-state index contributed by atoms with van der Waals surface area (Å²) in [5.74, 6) is 1.55. The summed E-state index contributed by atoms with van der Waals surface area (Å²) in [5.41, 5.74) is 5.82. The lowest BCUT2D eigenvalue weighted by Gasteiger charge is -2.12. The standard InChI is InChI=1S/C7H15N.ClH/c1-5(2)7(8)6-3-4-6;/h5-7H,3-4,8H2,1-2H3;1H. The molecule has 1 atom stereocenters. The third-order valence-corrected chi connectivity index (χ3v) is 1.94. The average Bonchev–Trinajstić information content (AvgIpc) is 2.43. The van der Waals surface area contributed by atoms with Gasteiger partial charge in [0.05, 0.1) is 0 Å². The summed E-state index contributed by atoms with van der Waals surface area (Å²) in [6, 6.07) is 0.481. The second-order valence-electron chi connectivity index (χ2n) is 3.16. The van der Waals surface area contributed by atoms with Gasteiger partial charge in [-0.15, -0.1) is 12.4 Å². The van der Waals surface area contributed by atoms with Crippen LogP contribution in [0.1, 0.15) is 26.7 Å². The molecular weight excluding hydrogens is 134 g/mol. The molecule has 0 aromatic carbocycles. The van der Waals surface area contributed by atoms with Gasteiger partial charge in [-0.1, -0.05) is 13.8 Å². The lowest BCUT2D eigenvalue weighted by atomic mass is 10.0. The molecule has 1 rings (SSSR count). The molecule has 1 aliphatic rings. The maximum atomic E-state index is 5.82. The van der Waals surface area contributed by atoms with Crippen LogP contribution in [0.25, 0.3) is 0 Å². The van der Waals surface area contributed by atoms with Crippen LogP contribution >= 0.6 is 12.4 Å². The molecule has 0 aromatic heterocycles. The van der Waals surface area contributed by atoms with Crippen LogP contribution in [0.4, 0.5) is 0 Å². The van der Waals surface area contributed by atoms with Gasteiger partial charge in [0.25, 0.3) is 0 Å². The van der Waals surface area contributed by atoms with E-state index >= 15 is 0 Å². The summed E-state index contributed by atoms with van der Waals surface area (Å²) in [6.45, 7) is 4.39. The van der Waals surface area contributed by atoms with Gasteiger partial charge in [0.1, 0.15) is 0 Å². The highest BCUT2D eigenvalue weighted by molar-refractivity contribution is 5.85. The Morgan fingerprint density at radius 3 is 1.89 bits per heavy atom. The summed E-state index contributed by atoms with van der Waals surface area (Å²) in [4.78, 5) is 0. The van der Waals surface area contributed by atoms with Crippen molar-refractivity contribution in [3.8, 4) is 0 Å². The van der Waals surface area contributed by atoms with Crippen molar-refractivity contribution in [3.63, 3.8) is 0 Å². The summed E-state index contributed by atoms with van der Waals surface area (Å²) >= 11 is 0. The number of hydrogen-bond donors (Lipinski definition) is 1. The molecule has 0 spiro atoms. The first kappa shape index (κ1) is 9.25. The van der Waals surface area contributed by atoms with E-state index in [1.54, 1.807) is 0 Å². The van der Waals surface area contributed by atoms with Crippen LogP contribution in [0.3, 0.4) is 0 Å². The predicted molar refractivity (Wildman–Crippen MR) is 42.8 cm³/mol. The fraction of sp³-hybridized carbons (Fsp3) is 1.00. The minimum atomic E-state index is 0. The van der Waals surface area contributed by atoms with Crippen molar-refractivity contribution in [2.75, 3.05) is 0 Å². The van der Waals surface area contributed by atoms with Gasteiger partial charge in [-0.3, -0.25) is 0 Å². The Kier molecular flexibility index (Phi) is 3.52. The molecule has 1 nitrogen and oxygen atoms in total. The highest BCUT2D eigenvalue weighted by Gasteiger charge is 2.29. The highest BCUT2D eigenvalue weighted by Crippen LogP contribution is 2.34. The monoisotopic (exact) mass is 149 g/mol. The molecule has 0 aliphatic heterocycles. The zero-order valence-electron chi connectivity index (χ0n) is 6.13. The molecule has 0 aromatic rings. The number of halogens is 1. The van der Waals surface area contributed by atoms with Gasteiger partial charge in [0.15, 0.2) is 0 Å². The molecule has 9 heavy (non-hydrogen) atoms. The third kappa shape index (κ3) is 2.55. The predicted octanol–water partition coefficient (Wildman–Crippen LogP) is 1.80. The van der Waals surface area contributed by atoms with E-state index in [1.165, 1.54) is 12.8 Å². The molecule has 0 radical (unpaired) electrons. The fourth-order valence-corrected chi connectivity index (χ4v) is 1.03. The normalized spacial score (nSPS) is 21.3. The van der Waals surface area contributed by atoms with E-state index in [0.717, 1.165) is 5.92 Å². The molecular formula is C7H16ClN. The van der Waals surface area contributed by atoms with Crippen LogP contribution in [-0.4, -0.2) is 6.04 Å². The van der Waals surface area contributed by atoms with Crippen LogP contribution in [0.5, 0.6) is 0 Å². The van der Waals surface area contributed by atoms with Gasteiger partial charge < -0.3 is 5.73 Å². The molecule has 0 saturated heterocycles. The Balaban J connectivity index is 0.000000640. The molecule has 2 heteroatoms. The summed E-state index contributed by atoms with van der Waals surface area (Å²) < 4.78 is 0. The Hall–Kier alpha value is 0.250. The van der Waals surface area contributed by atoms with Crippen LogP contribution < -0.4 is 5.73 Å². The Morgan fingerprint density at radius 1 is 1.33 bits per heavy atom. The number of hydrogen-bond acceptors (Lipinski definition) is 1.